The van der Waals surface area contributed by atoms with Crippen molar-refractivity contribution in [2.75, 3.05) is 5.43 Å². The predicted octanol–water partition coefficient (Wildman–Crippen LogP) is 3.83. The molecule has 0 amide bonds. The Bertz CT molecular complexity index is 978. The molecule has 0 aliphatic carbocycles. The number of hydrogen-bond acceptors (Lipinski definition) is 4. The number of imidazole rings is 1. The third kappa shape index (κ3) is 2.99. The van der Waals surface area contributed by atoms with E-state index in [9.17, 15) is 0 Å². The fourth-order valence-electron chi connectivity index (χ4n) is 2.72. The zero-order chi connectivity index (χ0) is 17.1. The second-order valence-electron chi connectivity index (χ2n) is 5.64. The fourth-order valence-corrected chi connectivity index (χ4v) is 2.72. The maximum absolute atomic E-state index is 4.61. The normalized spacial score (nSPS) is 11.6. The smallest absolute Gasteiger partial charge is 0.224 e. The Morgan fingerprint density at radius 1 is 0.920 bits per heavy atom. The molecule has 0 saturated carbocycles. The van der Waals surface area contributed by atoms with E-state index < -0.39 is 0 Å². The number of rotatable bonds is 4. The van der Waals surface area contributed by atoms with Crippen molar-refractivity contribution in [2.24, 2.45) is 12.1 Å². The molecular formula is C20H17N5. The van der Waals surface area contributed by atoms with E-state index in [1.54, 1.807) is 6.20 Å². The number of benzene rings is 2. The molecule has 5 nitrogen and oxygen atoms in total. The minimum Gasteiger partial charge on any atom is -0.312 e. The summed E-state index contributed by atoms with van der Waals surface area (Å²) in [7, 11) is 1.97. The summed E-state index contributed by atoms with van der Waals surface area (Å²) < 4.78 is 1.99. The van der Waals surface area contributed by atoms with Crippen molar-refractivity contribution in [3.8, 4) is 0 Å². The van der Waals surface area contributed by atoms with Gasteiger partial charge in [-0.05, 0) is 24.3 Å². The third-order valence-electron chi connectivity index (χ3n) is 4.01. The number of aryl methyl sites for hydroxylation is 1. The van der Waals surface area contributed by atoms with Gasteiger partial charge in [0.1, 0.15) is 5.71 Å². The molecule has 2 aromatic heterocycles. The van der Waals surface area contributed by atoms with Crippen molar-refractivity contribution in [3.63, 3.8) is 0 Å². The highest BCUT2D eigenvalue weighted by Gasteiger charge is 2.10. The Balaban J connectivity index is 1.75. The first-order chi connectivity index (χ1) is 12.3. The standard InChI is InChI=1S/C20H17N5/c1-25-18-13-6-5-11-16(18)22-20(25)24-23-19(15-9-3-2-4-10-15)17-12-7-8-14-21-17/h2-14H,1H3,(H,22,24)/b23-19+. The van der Waals surface area contributed by atoms with Crippen LogP contribution < -0.4 is 5.43 Å². The van der Waals surface area contributed by atoms with Gasteiger partial charge in [-0.2, -0.15) is 5.10 Å². The van der Waals surface area contributed by atoms with Gasteiger partial charge in [0.15, 0.2) is 0 Å². The van der Waals surface area contributed by atoms with Crippen molar-refractivity contribution in [2.45, 2.75) is 0 Å². The van der Waals surface area contributed by atoms with Crippen molar-refractivity contribution in [1.29, 1.82) is 0 Å². The lowest BCUT2D eigenvalue weighted by Gasteiger charge is -2.07. The quantitative estimate of drug-likeness (QED) is 0.458. The van der Waals surface area contributed by atoms with Crippen LogP contribution >= 0.6 is 0 Å². The van der Waals surface area contributed by atoms with Crippen LogP contribution in [0.25, 0.3) is 11.0 Å². The van der Waals surface area contributed by atoms with Gasteiger partial charge in [-0.1, -0.05) is 48.5 Å². The number of anilines is 1. The van der Waals surface area contributed by atoms with Crippen LogP contribution in [0.3, 0.4) is 0 Å². The molecule has 5 heteroatoms. The lowest BCUT2D eigenvalue weighted by atomic mass is 10.1. The van der Waals surface area contributed by atoms with Gasteiger partial charge in [-0.15, -0.1) is 0 Å². The Labute approximate surface area is 145 Å². The number of hydrazone groups is 1. The highest BCUT2D eigenvalue weighted by molar-refractivity contribution is 6.11. The number of hydrogen-bond donors (Lipinski definition) is 1. The summed E-state index contributed by atoms with van der Waals surface area (Å²) in [5.41, 5.74) is 7.66. The summed E-state index contributed by atoms with van der Waals surface area (Å²) in [5.74, 6) is 0.686. The summed E-state index contributed by atoms with van der Waals surface area (Å²) in [5, 5.41) is 4.61. The minimum atomic E-state index is 0.686. The van der Waals surface area contributed by atoms with E-state index in [0.717, 1.165) is 28.0 Å². The van der Waals surface area contributed by atoms with E-state index in [-0.39, 0.29) is 0 Å². The summed E-state index contributed by atoms with van der Waals surface area (Å²) in [4.78, 5) is 9.03. The summed E-state index contributed by atoms with van der Waals surface area (Å²) in [6, 6.07) is 23.8. The molecule has 0 aliphatic heterocycles. The molecule has 0 saturated heterocycles. The lowest BCUT2D eigenvalue weighted by molar-refractivity contribution is 0.942. The summed E-state index contributed by atoms with van der Waals surface area (Å²) in [6.45, 7) is 0. The van der Waals surface area contributed by atoms with Gasteiger partial charge in [0.05, 0.1) is 16.7 Å². The molecule has 0 spiro atoms. The first kappa shape index (κ1) is 15.1. The SMILES string of the molecule is Cn1c(N/N=C(\c2ccccc2)c2ccccn2)nc2ccccc21. The topological polar surface area (TPSA) is 55.1 Å². The molecule has 2 heterocycles. The largest absolute Gasteiger partial charge is 0.312 e. The number of nitrogens with one attached hydrogen (secondary N) is 1. The highest BCUT2D eigenvalue weighted by Crippen LogP contribution is 2.18. The average Bonchev–Trinajstić information content (AvgIpc) is 3.00. The van der Waals surface area contributed by atoms with Crippen molar-refractivity contribution in [1.82, 2.24) is 14.5 Å². The van der Waals surface area contributed by atoms with Gasteiger partial charge in [-0.25, -0.2) is 10.4 Å². The van der Waals surface area contributed by atoms with Gasteiger partial charge < -0.3 is 4.57 Å². The second kappa shape index (κ2) is 6.57. The molecule has 0 radical (unpaired) electrons. The van der Waals surface area contributed by atoms with Crippen LogP contribution in [0.4, 0.5) is 5.95 Å². The van der Waals surface area contributed by atoms with Crippen LogP contribution in [0.2, 0.25) is 0 Å². The molecule has 0 atom stereocenters. The molecule has 0 fully saturated rings. The van der Waals surface area contributed by atoms with Crippen molar-refractivity contribution in [3.05, 3.63) is 90.3 Å². The van der Waals surface area contributed by atoms with Gasteiger partial charge in [0.25, 0.3) is 0 Å². The van der Waals surface area contributed by atoms with Gasteiger partial charge >= 0.3 is 0 Å². The predicted molar refractivity (Wildman–Crippen MR) is 101 cm³/mol. The molecular weight excluding hydrogens is 310 g/mol. The minimum absolute atomic E-state index is 0.686. The molecule has 4 aromatic rings. The molecule has 0 bridgehead atoms. The van der Waals surface area contributed by atoms with Gasteiger partial charge in [-0.3, -0.25) is 4.98 Å². The lowest BCUT2D eigenvalue weighted by Crippen LogP contribution is -2.09. The van der Waals surface area contributed by atoms with E-state index in [2.05, 4.69) is 20.5 Å². The number of aromatic nitrogens is 3. The van der Waals surface area contributed by atoms with Crippen LogP contribution in [0, 0.1) is 0 Å². The van der Waals surface area contributed by atoms with E-state index in [1.165, 1.54) is 0 Å². The second-order valence-corrected chi connectivity index (χ2v) is 5.64. The molecule has 1 N–H and O–H groups in total. The summed E-state index contributed by atoms with van der Waals surface area (Å²) >= 11 is 0. The molecule has 2 aromatic carbocycles. The molecule has 122 valence electrons. The van der Waals surface area contributed by atoms with E-state index in [1.807, 2.05) is 84.4 Å². The van der Waals surface area contributed by atoms with Gasteiger partial charge in [0.2, 0.25) is 5.95 Å². The van der Waals surface area contributed by atoms with E-state index >= 15 is 0 Å². The average molecular weight is 327 g/mol. The number of fused-ring (bicyclic) bond motifs is 1. The third-order valence-corrected chi connectivity index (χ3v) is 4.01. The Hall–Kier alpha value is -3.47. The maximum atomic E-state index is 4.61. The Morgan fingerprint density at radius 2 is 1.68 bits per heavy atom. The monoisotopic (exact) mass is 327 g/mol. The Morgan fingerprint density at radius 3 is 2.44 bits per heavy atom. The maximum Gasteiger partial charge on any atom is 0.224 e. The molecule has 4 rings (SSSR count). The van der Waals surface area contributed by atoms with Crippen LogP contribution in [0.1, 0.15) is 11.3 Å². The first-order valence-corrected chi connectivity index (χ1v) is 8.05. The summed E-state index contributed by atoms with van der Waals surface area (Å²) in [6.07, 6.45) is 1.77. The number of para-hydroxylation sites is 2. The first-order valence-electron chi connectivity index (χ1n) is 8.05. The Kier molecular flexibility index (Phi) is 3.96. The molecule has 25 heavy (non-hydrogen) atoms. The zero-order valence-corrected chi connectivity index (χ0v) is 13.8. The van der Waals surface area contributed by atoms with Gasteiger partial charge in [0, 0.05) is 18.8 Å². The van der Waals surface area contributed by atoms with E-state index in [0.29, 0.717) is 5.95 Å². The van der Waals surface area contributed by atoms with Crippen molar-refractivity contribution < 1.29 is 0 Å². The number of nitrogens with zero attached hydrogens (tertiary/aromatic N) is 4. The van der Waals surface area contributed by atoms with Crippen molar-refractivity contribution >= 4 is 22.7 Å². The van der Waals surface area contributed by atoms with Crippen LogP contribution in [0.5, 0.6) is 0 Å². The molecule has 0 unspecified atom stereocenters. The van der Waals surface area contributed by atoms with Crippen LogP contribution in [-0.2, 0) is 7.05 Å². The molecule has 0 aliphatic rings. The van der Waals surface area contributed by atoms with E-state index in [4.69, 9.17) is 0 Å². The zero-order valence-electron chi connectivity index (χ0n) is 13.8. The van der Waals surface area contributed by atoms with Crippen LogP contribution in [0.15, 0.2) is 84.1 Å². The fraction of sp³-hybridized carbons (Fsp3) is 0.0500. The number of pyridine rings is 1. The van der Waals surface area contributed by atoms with Crippen LogP contribution in [-0.4, -0.2) is 20.2 Å². The highest BCUT2D eigenvalue weighted by atomic mass is 15.4.